The lowest BCUT2D eigenvalue weighted by molar-refractivity contribution is -0.274. The quantitative estimate of drug-likeness (QED) is 0.467. The third-order valence-electron chi connectivity index (χ3n) is 5.68. The van der Waals surface area contributed by atoms with Gasteiger partial charge in [-0.15, -0.1) is 13.2 Å². The molecule has 1 aliphatic heterocycles. The first kappa shape index (κ1) is 21.8. The van der Waals surface area contributed by atoms with Crippen LogP contribution in [0, 0.1) is 0 Å². The van der Waals surface area contributed by atoms with E-state index < -0.39 is 6.36 Å². The maximum Gasteiger partial charge on any atom is 0.573 e. The molecule has 11 heteroatoms. The smallest absolute Gasteiger partial charge is 0.481 e. The second-order valence-electron chi connectivity index (χ2n) is 7.75. The van der Waals surface area contributed by atoms with Gasteiger partial charge in [-0.05, 0) is 36.4 Å². The second kappa shape index (κ2) is 8.73. The molecule has 4 heterocycles. The number of piperazine rings is 1. The van der Waals surface area contributed by atoms with E-state index in [1.54, 1.807) is 31.5 Å². The van der Waals surface area contributed by atoms with Crippen LogP contribution in [0.3, 0.4) is 0 Å². The minimum absolute atomic E-state index is 0.228. The number of nitrogens with zero attached hydrogens (tertiary/aromatic N) is 5. The number of anilines is 2. The van der Waals surface area contributed by atoms with Crippen LogP contribution in [0.4, 0.5) is 24.7 Å². The van der Waals surface area contributed by atoms with Crippen molar-refractivity contribution >= 4 is 22.5 Å². The van der Waals surface area contributed by atoms with E-state index in [0.29, 0.717) is 32.1 Å². The van der Waals surface area contributed by atoms with Crippen LogP contribution in [0.15, 0.2) is 55.0 Å². The van der Waals surface area contributed by atoms with Gasteiger partial charge in [0.15, 0.2) is 0 Å². The predicted molar refractivity (Wildman–Crippen MR) is 121 cm³/mol. The van der Waals surface area contributed by atoms with Gasteiger partial charge in [-0.3, -0.25) is 0 Å². The molecule has 0 spiro atoms. The molecule has 0 atom stereocenters. The predicted octanol–water partition coefficient (Wildman–Crippen LogP) is 4.25. The number of pyridine rings is 1. The number of alkyl halides is 3. The Bertz CT molecular complexity index is 1270. The number of methoxy groups -OCH3 is 1. The lowest BCUT2D eigenvalue weighted by Crippen LogP contribution is -2.46. The van der Waals surface area contributed by atoms with Gasteiger partial charge in [0.2, 0.25) is 5.88 Å². The number of halogens is 3. The highest BCUT2D eigenvalue weighted by Crippen LogP contribution is 2.31. The summed E-state index contributed by atoms with van der Waals surface area (Å²) in [5.74, 6) is 1.15. The number of aromatic amines is 1. The van der Waals surface area contributed by atoms with Crippen LogP contribution in [0.1, 0.15) is 0 Å². The van der Waals surface area contributed by atoms with Gasteiger partial charge in [0, 0.05) is 55.4 Å². The first-order chi connectivity index (χ1) is 16.4. The summed E-state index contributed by atoms with van der Waals surface area (Å²) in [5.41, 5.74) is 3.37. The zero-order valence-electron chi connectivity index (χ0n) is 18.2. The zero-order valence-corrected chi connectivity index (χ0v) is 18.2. The third kappa shape index (κ3) is 4.54. The van der Waals surface area contributed by atoms with E-state index in [0.717, 1.165) is 33.8 Å². The Morgan fingerprint density at radius 3 is 2.29 bits per heavy atom. The van der Waals surface area contributed by atoms with E-state index in [1.165, 1.54) is 18.5 Å². The maximum absolute atomic E-state index is 12.4. The molecule has 0 saturated carbocycles. The Kier molecular flexibility index (Phi) is 5.60. The van der Waals surface area contributed by atoms with Crippen molar-refractivity contribution in [2.24, 2.45) is 0 Å². The van der Waals surface area contributed by atoms with Crippen molar-refractivity contribution in [3.05, 3.63) is 55.0 Å². The molecule has 34 heavy (non-hydrogen) atoms. The van der Waals surface area contributed by atoms with E-state index in [-0.39, 0.29) is 5.75 Å². The minimum Gasteiger partial charge on any atom is -0.481 e. The highest BCUT2D eigenvalue weighted by atomic mass is 19.4. The largest absolute Gasteiger partial charge is 0.573 e. The van der Waals surface area contributed by atoms with E-state index in [9.17, 15) is 13.2 Å². The van der Waals surface area contributed by atoms with Crippen LogP contribution in [0.2, 0.25) is 0 Å². The van der Waals surface area contributed by atoms with Crippen molar-refractivity contribution < 1.29 is 22.6 Å². The number of benzene rings is 1. The second-order valence-corrected chi connectivity index (χ2v) is 7.75. The topological polar surface area (TPSA) is 79.4 Å². The van der Waals surface area contributed by atoms with Gasteiger partial charge < -0.3 is 24.3 Å². The third-order valence-corrected chi connectivity index (χ3v) is 5.68. The van der Waals surface area contributed by atoms with Crippen LogP contribution >= 0.6 is 0 Å². The fourth-order valence-corrected chi connectivity index (χ4v) is 4.03. The number of ether oxygens (including phenoxy) is 2. The number of hydrogen-bond donors (Lipinski definition) is 1. The lowest BCUT2D eigenvalue weighted by Gasteiger charge is -2.36. The number of H-pyrrole nitrogens is 1. The SMILES string of the molecule is COc1ccc(-c2cc3c(N4CCN(c5ccc(OC(F)(F)F)cc5)CC4)ncnc3[nH]2)cn1. The Morgan fingerprint density at radius 2 is 1.65 bits per heavy atom. The van der Waals surface area contributed by atoms with E-state index in [1.807, 2.05) is 12.1 Å². The maximum atomic E-state index is 12.4. The molecule has 1 aromatic carbocycles. The monoisotopic (exact) mass is 470 g/mol. The summed E-state index contributed by atoms with van der Waals surface area (Å²) in [6, 6.07) is 11.7. The molecular weight excluding hydrogens is 449 g/mol. The van der Waals surface area contributed by atoms with E-state index >= 15 is 0 Å². The standard InChI is InChI=1S/C23H21F3N6O2/c1-33-20-7-2-15(13-27-20)19-12-18-21(30-19)28-14-29-22(18)32-10-8-31(9-11-32)16-3-5-17(6-4-16)34-23(24,25)26/h2-7,12-14H,8-11H2,1H3,(H,28,29,30). The first-order valence-electron chi connectivity index (χ1n) is 10.6. The number of hydrogen-bond acceptors (Lipinski definition) is 7. The van der Waals surface area contributed by atoms with Crippen molar-refractivity contribution in [1.82, 2.24) is 19.9 Å². The van der Waals surface area contributed by atoms with Crippen LogP contribution < -0.4 is 19.3 Å². The van der Waals surface area contributed by atoms with Gasteiger partial charge in [0.25, 0.3) is 0 Å². The molecule has 0 bridgehead atoms. The minimum atomic E-state index is -4.70. The van der Waals surface area contributed by atoms with Gasteiger partial charge >= 0.3 is 6.36 Å². The highest BCUT2D eigenvalue weighted by molar-refractivity contribution is 5.92. The number of nitrogens with one attached hydrogen (secondary N) is 1. The summed E-state index contributed by atoms with van der Waals surface area (Å²) in [5, 5.41) is 0.912. The van der Waals surface area contributed by atoms with Crippen molar-refractivity contribution in [3.63, 3.8) is 0 Å². The molecule has 1 saturated heterocycles. The molecule has 0 aliphatic carbocycles. The van der Waals surface area contributed by atoms with Crippen LogP contribution in [0.25, 0.3) is 22.3 Å². The summed E-state index contributed by atoms with van der Waals surface area (Å²) in [4.78, 5) is 20.8. The molecule has 3 aromatic heterocycles. The molecule has 1 fully saturated rings. The Labute approximate surface area is 193 Å². The van der Waals surface area contributed by atoms with Crippen LogP contribution in [-0.2, 0) is 0 Å². The average Bonchev–Trinajstić information content (AvgIpc) is 3.28. The first-order valence-corrected chi connectivity index (χ1v) is 10.6. The number of fused-ring (bicyclic) bond motifs is 1. The Morgan fingerprint density at radius 1 is 0.912 bits per heavy atom. The van der Waals surface area contributed by atoms with Gasteiger partial charge in [-0.25, -0.2) is 15.0 Å². The van der Waals surface area contributed by atoms with Crippen molar-refractivity contribution in [1.29, 1.82) is 0 Å². The number of rotatable bonds is 5. The van der Waals surface area contributed by atoms with E-state index in [4.69, 9.17) is 4.74 Å². The van der Waals surface area contributed by atoms with Gasteiger partial charge in [0.1, 0.15) is 23.5 Å². The fourth-order valence-electron chi connectivity index (χ4n) is 4.03. The summed E-state index contributed by atoms with van der Waals surface area (Å²) in [7, 11) is 1.57. The zero-order chi connectivity index (χ0) is 23.7. The summed E-state index contributed by atoms with van der Waals surface area (Å²) in [6.07, 6.45) is -1.42. The van der Waals surface area contributed by atoms with Crippen molar-refractivity contribution in [2.75, 3.05) is 43.1 Å². The molecule has 0 unspecified atom stereocenters. The summed E-state index contributed by atoms with van der Waals surface area (Å²) in [6.45, 7) is 2.81. The molecule has 0 amide bonds. The fraction of sp³-hybridized carbons (Fsp3) is 0.261. The average molecular weight is 470 g/mol. The highest BCUT2D eigenvalue weighted by Gasteiger charge is 2.31. The van der Waals surface area contributed by atoms with Crippen molar-refractivity contribution in [3.8, 4) is 22.9 Å². The lowest BCUT2D eigenvalue weighted by atomic mass is 10.2. The summed E-state index contributed by atoms with van der Waals surface area (Å²) < 4.78 is 46.2. The van der Waals surface area contributed by atoms with Crippen LogP contribution in [-0.4, -0.2) is 59.6 Å². The Hall–Kier alpha value is -4.02. The molecule has 0 radical (unpaired) electrons. The molecule has 176 valence electrons. The Balaban J connectivity index is 1.30. The number of aromatic nitrogens is 4. The molecule has 1 aliphatic rings. The molecular formula is C23H21F3N6O2. The van der Waals surface area contributed by atoms with Crippen molar-refractivity contribution in [2.45, 2.75) is 6.36 Å². The molecule has 4 aromatic rings. The van der Waals surface area contributed by atoms with Crippen LogP contribution in [0.5, 0.6) is 11.6 Å². The van der Waals surface area contributed by atoms with Gasteiger partial charge in [-0.1, -0.05) is 0 Å². The molecule has 1 N–H and O–H groups in total. The van der Waals surface area contributed by atoms with Gasteiger partial charge in [-0.2, -0.15) is 0 Å². The van der Waals surface area contributed by atoms with E-state index in [2.05, 4.69) is 34.5 Å². The normalized spacial score (nSPS) is 14.5. The molecule has 5 rings (SSSR count). The summed E-state index contributed by atoms with van der Waals surface area (Å²) >= 11 is 0. The van der Waals surface area contributed by atoms with Gasteiger partial charge in [0.05, 0.1) is 12.5 Å². The molecule has 8 nitrogen and oxygen atoms in total.